The van der Waals surface area contributed by atoms with Gasteiger partial charge in [0, 0.05) is 11.6 Å². The summed E-state index contributed by atoms with van der Waals surface area (Å²) in [5, 5.41) is 12.5. The first kappa shape index (κ1) is 25.4. The number of halogens is 1. The normalized spacial score (nSPS) is 12.1. The van der Waals surface area contributed by atoms with Crippen LogP contribution >= 0.6 is 22.9 Å². The predicted molar refractivity (Wildman–Crippen MR) is 139 cm³/mol. The lowest BCUT2D eigenvalue weighted by atomic mass is 10.1. The third-order valence-electron chi connectivity index (χ3n) is 5.29. The number of amides is 1. The number of nitrogens with one attached hydrogen (secondary N) is 1. The third kappa shape index (κ3) is 5.44. The van der Waals surface area contributed by atoms with Crippen LogP contribution in [-0.2, 0) is 14.6 Å². The van der Waals surface area contributed by atoms with Crippen molar-refractivity contribution in [3.05, 3.63) is 76.8 Å². The van der Waals surface area contributed by atoms with Gasteiger partial charge in [-0.25, -0.2) is 13.4 Å². The van der Waals surface area contributed by atoms with Gasteiger partial charge < -0.3 is 9.47 Å². The number of carbonyl (C=O) groups excluding carboxylic acids is 1. The van der Waals surface area contributed by atoms with Crippen LogP contribution in [0.25, 0.3) is 10.2 Å². The first-order chi connectivity index (χ1) is 17.2. The molecule has 1 N–H and O–H groups in total. The second kappa shape index (κ2) is 10.5. The van der Waals surface area contributed by atoms with Gasteiger partial charge in [0.25, 0.3) is 5.91 Å². The van der Waals surface area contributed by atoms with Gasteiger partial charge in [0.15, 0.2) is 15.0 Å². The molecule has 11 heteroatoms. The summed E-state index contributed by atoms with van der Waals surface area (Å²) in [7, 11) is -1.89. The molecule has 4 aromatic rings. The fourth-order valence-corrected chi connectivity index (χ4v) is 5.34. The molecule has 0 fully saturated rings. The van der Waals surface area contributed by atoms with Crippen LogP contribution in [0.5, 0.6) is 11.5 Å². The standard InChI is InChI=1S/C25H20ClN3O5S2/c1-3-36(31,32)18-10-6-16(7-11-18)23(34-17-8-4-15(14-27)5-9-17)24(30)29-25-28-20-12-19(26)21(33-2)13-22(20)35-25/h4-13,23H,3H2,1-2H3,(H,28,29,30). The SMILES string of the molecule is CCS(=O)(=O)c1ccc(C(Oc2ccc(C#N)cc2)C(=O)Nc2nc3cc(Cl)c(OC)cc3s2)cc1. The number of carbonyl (C=O) groups is 1. The second-order valence-electron chi connectivity index (χ2n) is 7.57. The quantitative estimate of drug-likeness (QED) is 0.318. The molecule has 8 nitrogen and oxygen atoms in total. The summed E-state index contributed by atoms with van der Waals surface area (Å²) in [6, 6.07) is 17.7. The molecule has 1 unspecified atom stereocenters. The van der Waals surface area contributed by atoms with Crippen LogP contribution < -0.4 is 14.8 Å². The Balaban J connectivity index is 1.66. The van der Waals surface area contributed by atoms with Crippen molar-refractivity contribution in [2.24, 2.45) is 0 Å². The number of hydrogen-bond acceptors (Lipinski definition) is 8. The first-order valence-electron chi connectivity index (χ1n) is 10.7. The zero-order valence-electron chi connectivity index (χ0n) is 19.2. The number of hydrogen-bond donors (Lipinski definition) is 1. The molecule has 0 saturated heterocycles. The highest BCUT2D eigenvalue weighted by Crippen LogP contribution is 2.35. The summed E-state index contributed by atoms with van der Waals surface area (Å²) in [5.41, 5.74) is 1.48. The third-order valence-corrected chi connectivity index (χ3v) is 8.27. The van der Waals surface area contributed by atoms with Crippen LogP contribution in [0.15, 0.2) is 65.6 Å². The maximum atomic E-state index is 13.4. The number of rotatable bonds is 8. The van der Waals surface area contributed by atoms with Crippen LogP contribution in [-0.4, -0.2) is 32.2 Å². The number of aromatic nitrogens is 1. The van der Waals surface area contributed by atoms with E-state index in [-0.39, 0.29) is 10.6 Å². The van der Waals surface area contributed by atoms with Crippen molar-refractivity contribution in [3.63, 3.8) is 0 Å². The number of benzene rings is 3. The Morgan fingerprint density at radius 2 is 1.86 bits per heavy atom. The van der Waals surface area contributed by atoms with E-state index in [1.54, 1.807) is 55.5 Å². The van der Waals surface area contributed by atoms with E-state index in [2.05, 4.69) is 10.3 Å². The lowest BCUT2D eigenvalue weighted by Crippen LogP contribution is -2.25. The van der Waals surface area contributed by atoms with Crippen molar-refractivity contribution in [2.75, 3.05) is 18.2 Å². The Kier molecular flexibility index (Phi) is 7.45. The number of anilines is 1. The maximum absolute atomic E-state index is 13.4. The van der Waals surface area contributed by atoms with Crippen molar-refractivity contribution < 1.29 is 22.7 Å². The summed E-state index contributed by atoms with van der Waals surface area (Å²) in [6.45, 7) is 1.56. The average Bonchev–Trinajstić information content (AvgIpc) is 3.27. The van der Waals surface area contributed by atoms with Gasteiger partial charge in [-0.2, -0.15) is 5.26 Å². The molecule has 1 heterocycles. The number of nitrogens with zero attached hydrogens (tertiary/aromatic N) is 2. The van der Waals surface area contributed by atoms with Crippen molar-refractivity contribution >= 4 is 54.0 Å². The number of ether oxygens (including phenoxy) is 2. The zero-order valence-corrected chi connectivity index (χ0v) is 21.6. The maximum Gasteiger partial charge on any atom is 0.271 e. The van der Waals surface area contributed by atoms with Crippen molar-refractivity contribution in [1.82, 2.24) is 4.98 Å². The fourth-order valence-electron chi connectivity index (χ4n) is 3.34. The van der Waals surface area contributed by atoms with Gasteiger partial charge in [-0.1, -0.05) is 42.0 Å². The molecular formula is C25H20ClN3O5S2. The molecule has 0 radical (unpaired) electrons. The molecule has 4 rings (SSSR count). The van der Waals surface area contributed by atoms with Gasteiger partial charge in [0.2, 0.25) is 6.10 Å². The van der Waals surface area contributed by atoms with E-state index in [0.29, 0.717) is 38.3 Å². The van der Waals surface area contributed by atoms with E-state index in [1.165, 1.54) is 30.6 Å². The Labute approximate surface area is 217 Å². The molecule has 1 atom stereocenters. The molecule has 0 saturated carbocycles. The second-order valence-corrected chi connectivity index (χ2v) is 11.3. The zero-order chi connectivity index (χ0) is 25.9. The van der Waals surface area contributed by atoms with Gasteiger partial charge in [0.05, 0.1) is 44.6 Å². The van der Waals surface area contributed by atoms with Crippen molar-refractivity contribution in [2.45, 2.75) is 17.9 Å². The Hall–Kier alpha value is -3.65. The van der Waals surface area contributed by atoms with Gasteiger partial charge in [-0.3, -0.25) is 10.1 Å². The van der Waals surface area contributed by atoms with Gasteiger partial charge in [-0.05, 0) is 42.5 Å². The Morgan fingerprint density at radius 1 is 1.17 bits per heavy atom. The van der Waals surface area contributed by atoms with Gasteiger partial charge >= 0.3 is 0 Å². The van der Waals surface area contributed by atoms with Crippen molar-refractivity contribution in [3.8, 4) is 17.6 Å². The Bertz CT molecular complexity index is 1560. The fraction of sp³-hybridized carbons (Fsp3) is 0.160. The number of sulfone groups is 1. The summed E-state index contributed by atoms with van der Waals surface area (Å²) in [6.07, 6.45) is -1.12. The summed E-state index contributed by atoms with van der Waals surface area (Å²) < 4.78 is 36.4. The molecule has 1 amide bonds. The average molecular weight is 542 g/mol. The van der Waals surface area contributed by atoms with Crippen LogP contribution in [0.4, 0.5) is 5.13 Å². The highest BCUT2D eigenvalue weighted by atomic mass is 35.5. The van der Waals surface area contributed by atoms with Crippen molar-refractivity contribution in [1.29, 1.82) is 5.26 Å². The number of nitriles is 1. The monoisotopic (exact) mass is 541 g/mol. The molecule has 36 heavy (non-hydrogen) atoms. The number of thiazole rings is 1. The first-order valence-corrected chi connectivity index (χ1v) is 13.5. The molecule has 0 aliphatic rings. The topological polar surface area (TPSA) is 118 Å². The molecule has 184 valence electrons. The molecule has 0 spiro atoms. The van der Waals surface area contributed by atoms with E-state index in [0.717, 1.165) is 4.70 Å². The molecule has 0 aliphatic carbocycles. The number of fused-ring (bicyclic) bond motifs is 1. The molecular weight excluding hydrogens is 522 g/mol. The predicted octanol–water partition coefficient (Wildman–Crippen LogP) is 5.38. The van der Waals surface area contributed by atoms with E-state index < -0.39 is 21.8 Å². The molecule has 1 aromatic heterocycles. The van der Waals surface area contributed by atoms with Crippen LogP contribution in [0.1, 0.15) is 24.2 Å². The van der Waals surface area contributed by atoms with E-state index in [9.17, 15) is 13.2 Å². The number of methoxy groups -OCH3 is 1. The summed E-state index contributed by atoms with van der Waals surface area (Å²) in [4.78, 5) is 17.9. The lowest BCUT2D eigenvalue weighted by Gasteiger charge is -2.19. The summed E-state index contributed by atoms with van der Waals surface area (Å²) >= 11 is 7.43. The molecule has 0 bridgehead atoms. The van der Waals surface area contributed by atoms with E-state index >= 15 is 0 Å². The van der Waals surface area contributed by atoms with E-state index in [1.807, 2.05) is 6.07 Å². The van der Waals surface area contributed by atoms with Crippen LogP contribution in [0.2, 0.25) is 5.02 Å². The van der Waals surface area contributed by atoms with E-state index in [4.69, 9.17) is 26.3 Å². The van der Waals surface area contributed by atoms with Gasteiger partial charge in [-0.15, -0.1) is 0 Å². The highest BCUT2D eigenvalue weighted by Gasteiger charge is 2.25. The molecule has 0 aliphatic heterocycles. The minimum absolute atomic E-state index is 0.0373. The largest absolute Gasteiger partial charge is 0.495 e. The highest BCUT2D eigenvalue weighted by molar-refractivity contribution is 7.91. The smallest absolute Gasteiger partial charge is 0.271 e. The minimum atomic E-state index is -3.40. The Morgan fingerprint density at radius 3 is 2.47 bits per heavy atom. The summed E-state index contributed by atoms with van der Waals surface area (Å²) in [5.74, 6) is 0.308. The van der Waals surface area contributed by atoms with Crippen LogP contribution in [0.3, 0.4) is 0 Å². The molecule has 3 aromatic carbocycles. The van der Waals surface area contributed by atoms with Crippen LogP contribution in [0, 0.1) is 11.3 Å². The van der Waals surface area contributed by atoms with Gasteiger partial charge in [0.1, 0.15) is 11.5 Å². The minimum Gasteiger partial charge on any atom is -0.495 e. The lowest BCUT2D eigenvalue weighted by molar-refractivity contribution is -0.123.